The topological polar surface area (TPSA) is 65.1 Å². The van der Waals surface area contributed by atoms with Gasteiger partial charge in [0.2, 0.25) is 10.0 Å². The highest BCUT2D eigenvalue weighted by molar-refractivity contribution is 7.88. The molecule has 0 aromatic heterocycles. The van der Waals surface area contributed by atoms with E-state index in [9.17, 15) is 12.8 Å². The summed E-state index contributed by atoms with van der Waals surface area (Å²) in [5.41, 5.74) is 2.31. The number of nitrogens with zero attached hydrogens (tertiary/aromatic N) is 1. The minimum Gasteiger partial charge on any atom is -0.496 e. The highest BCUT2D eigenvalue weighted by Gasteiger charge is 2.27. The van der Waals surface area contributed by atoms with Crippen LogP contribution in [0.25, 0.3) is 5.57 Å². The molecular formula is C21H24FNO5S. The Hall–Kier alpha value is -2.58. The summed E-state index contributed by atoms with van der Waals surface area (Å²) in [5, 5.41) is 0. The molecule has 1 aliphatic heterocycles. The molecule has 8 heteroatoms. The molecule has 1 heterocycles. The molecule has 0 radical (unpaired) electrons. The van der Waals surface area contributed by atoms with Crippen LogP contribution in [0.15, 0.2) is 42.5 Å². The Bertz CT molecular complexity index is 977. The summed E-state index contributed by atoms with van der Waals surface area (Å²) in [6, 6.07) is 9.06. The van der Waals surface area contributed by atoms with E-state index in [1.807, 2.05) is 6.08 Å². The second-order valence-electron chi connectivity index (χ2n) is 6.63. The second kappa shape index (κ2) is 8.84. The van der Waals surface area contributed by atoms with Gasteiger partial charge >= 0.3 is 0 Å². The predicted molar refractivity (Wildman–Crippen MR) is 109 cm³/mol. The number of rotatable bonds is 7. The molecule has 0 bridgehead atoms. The van der Waals surface area contributed by atoms with Gasteiger partial charge in [-0.05, 0) is 29.7 Å². The first kappa shape index (κ1) is 21.1. The first-order chi connectivity index (χ1) is 13.9. The van der Waals surface area contributed by atoms with E-state index in [4.69, 9.17) is 14.2 Å². The van der Waals surface area contributed by atoms with Gasteiger partial charge in [-0.15, -0.1) is 0 Å². The van der Waals surface area contributed by atoms with Crippen molar-refractivity contribution in [2.45, 2.75) is 12.2 Å². The Morgan fingerprint density at radius 2 is 1.62 bits per heavy atom. The largest absolute Gasteiger partial charge is 0.496 e. The maximum absolute atomic E-state index is 13.1. The zero-order valence-corrected chi connectivity index (χ0v) is 17.5. The maximum Gasteiger partial charge on any atom is 0.218 e. The Balaban J connectivity index is 1.82. The van der Waals surface area contributed by atoms with Gasteiger partial charge in [-0.2, -0.15) is 4.31 Å². The van der Waals surface area contributed by atoms with Crippen LogP contribution in [0.1, 0.15) is 17.5 Å². The van der Waals surface area contributed by atoms with E-state index in [0.717, 1.165) is 11.1 Å². The monoisotopic (exact) mass is 421 g/mol. The first-order valence-electron chi connectivity index (χ1n) is 9.09. The van der Waals surface area contributed by atoms with Crippen LogP contribution < -0.4 is 14.2 Å². The van der Waals surface area contributed by atoms with Crippen molar-refractivity contribution < 1.29 is 27.0 Å². The summed E-state index contributed by atoms with van der Waals surface area (Å²) in [6.45, 7) is 0.588. The van der Waals surface area contributed by atoms with Crippen molar-refractivity contribution in [3.63, 3.8) is 0 Å². The third-order valence-corrected chi connectivity index (χ3v) is 6.68. The van der Waals surface area contributed by atoms with Crippen LogP contribution in [0.4, 0.5) is 4.39 Å². The highest BCUT2D eigenvalue weighted by atomic mass is 32.2. The molecule has 0 N–H and O–H groups in total. The Labute approximate surface area is 170 Å². The molecule has 0 atom stereocenters. The molecule has 1 aliphatic rings. The summed E-state index contributed by atoms with van der Waals surface area (Å²) in [4.78, 5) is 0. The van der Waals surface area contributed by atoms with Crippen molar-refractivity contribution in [1.29, 1.82) is 0 Å². The van der Waals surface area contributed by atoms with Crippen LogP contribution in [0.3, 0.4) is 0 Å². The lowest BCUT2D eigenvalue weighted by atomic mass is 9.98. The Morgan fingerprint density at radius 1 is 1.00 bits per heavy atom. The number of sulfonamides is 1. The number of hydrogen-bond donors (Lipinski definition) is 0. The summed E-state index contributed by atoms with van der Waals surface area (Å²) < 4.78 is 56.3. The molecule has 29 heavy (non-hydrogen) atoms. The molecule has 6 nitrogen and oxygen atoms in total. The third-order valence-electron chi connectivity index (χ3n) is 4.86. The average molecular weight is 421 g/mol. The van der Waals surface area contributed by atoms with Gasteiger partial charge in [-0.3, -0.25) is 0 Å². The number of halogens is 1. The molecule has 3 rings (SSSR count). The van der Waals surface area contributed by atoms with Crippen molar-refractivity contribution in [3.05, 3.63) is 59.4 Å². The fourth-order valence-corrected chi connectivity index (χ4v) is 4.80. The van der Waals surface area contributed by atoms with Gasteiger partial charge in [0.1, 0.15) is 23.1 Å². The molecule has 0 fully saturated rings. The molecule has 0 spiro atoms. The van der Waals surface area contributed by atoms with Crippen molar-refractivity contribution in [2.75, 3.05) is 34.4 Å². The summed E-state index contributed by atoms with van der Waals surface area (Å²) in [5.74, 6) is 1.28. The van der Waals surface area contributed by atoms with E-state index < -0.39 is 10.0 Å². The minimum atomic E-state index is -3.51. The smallest absolute Gasteiger partial charge is 0.218 e. The van der Waals surface area contributed by atoms with E-state index in [2.05, 4.69) is 0 Å². The van der Waals surface area contributed by atoms with Gasteiger partial charge in [0.05, 0.1) is 32.6 Å². The van der Waals surface area contributed by atoms with E-state index in [-0.39, 0.29) is 18.1 Å². The zero-order chi connectivity index (χ0) is 21.0. The number of benzene rings is 2. The second-order valence-corrected chi connectivity index (χ2v) is 8.60. The molecule has 2 aromatic rings. The van der Waals surface area contributed by atoms with Gasteiger partial charge in [0, 0.05) is 25.2 Å². The van der Waals surface area contributed by atoms with Crippen molar-refractivity contribution in [2.24, 2.45) is 0 Å². The third kappa shape index (κ3) is 4.71. The van der Waals surface area contributed by atoms with E-state index in [1.54, 1.807) is 33.5 Å². The fourth-order valence-electron chi connectivity index (χ4n) is 3.33. The standard InChI is InChI=1S/C21H24FNO5S/c1-26-18-12-19(27-2)21(20(13-18)28-3)16-8-10-23(11-9-16)29(24,25)14-15-4-6-17(22)7-5-15/h4-8,12-13H,9-11,14H2,1-3H3. The normalized spacial score (nSPS) is 15.0. The molecule has 0 saturated carbocycles. The minimum absolute atomic E-state index is 0.161. The molecular weight excluding hydrogens is 397 g/mol. The van der Waals surface area contributed by atoms with Crippen LogP contribution in [0.5, 0.6) is 17.2 Å². The van der Waals surface area contributed by atoms with Crippen LogP contribution in [0, 0.1) is 5.82 Å². The van der Waals surface area contributed by atoms with Crippen molar-refractivity contribution in [1.82, 2.24) is 4.31 Å². The lowest BCUT2D eigenvalue weighted by Crippen LogP contribution is -2.35. The molecule has 0 amide bonds. The highest BCUT2D eigenvalue weighted by Crippen LogP contribution is 2.41. The van der Waals surface area contributed by atoms with Gasteiger partial charge in [0.25, 0.3) is 0 Å². The molecule has 2 aromatic carbocycles. The van der Waals surface area contributed by atoms with Crippen molar-refractivity contribution >= 4 is 15.6 Å². The van der Waals surface area contributed by atoms with Crippen LogP contribution in [0.2, 0.25) is 0 Å². The SMILES string of the molecule is COc1cc(OC)c(C2=CCN(S(=O)(=O)Cc3ccc(F)cc3)CC2)c(OC)c1. The number of methoxy groups -OCH3 is 3. The Kier molecular flexibility index (Phi) is 6.44. The van der Waals surface area contributed by atoms with E-state index >= 15 is 0 Å². The van der Waals surface area contributed by atoms with E-state index in [0.29, 0.717) is 35.8 Å². The fraction of sp³-hybridized carbons (Fsp3) is 0.333. The molecule has 156 valence electrons. The van der Waals surface area contributed by atoms with Crippen LogP contribution >= 0.6 is 0 Å². The first-order valence-corrected chi connectivity index (χ1v) is 10.7. The molecule has 0 aliphatic carbocycles. The molecule has 0 saturated heterocycles. The number of ether oxygens (including phenoxy) is 3. The maximum atomic E-state index is 13.1. The lowest BCUT2D eigenvalue weighted by molar-refractivity contribution is 0.372. The average Bonchev–Trinajstić information content (AvgIpc) is 2.74. The van der Waals surface area contributed by atoms with E-state index in [1.165, 1.54) is 28.6 Å². The van der Waals surface area contributed by atoms with Gasteiger partial charge in [-0.1, -0.05) is 18.2 Å². The Morgan fingerprint density at radius 3 is 2.10 bits per heavy atom. The molecule has 0 unspecified atom stereocenters. The van der Waals surface area contributed by atoms with Crippen LogP contribution in [-0.4, -0.2) is 47.1 Å². The van der Waals surface area contributed by atoms with Crippen molar-refractivity contribution in [3.8, 4) is 17.2 Å². The summed E-state index contributed by atoms with van der Waals surface area (Å²) >= 11 is 0. The van der Waals surface area contributed by atoms with Crippen LogP contribution in [-0.2, 0) is 15.8 Å². The predicted octanol–water partition coefficient (Wildman–Crippen LogP) is 3.47. The van der Waals surface area contributed by atoms with Gasteiger partial charge < -0.3 is 14.2 Å². The summed E-state index contributed by atoms with van der Waals surface area (Å²) in [7, 11) is 1.19. The van der Waals surface area contributed by atoms with Gasteiger partial charge in [0.15, 0.2) is 0 Å². The number of hydrogen-bond acceptors (Lipinski definition) is 5. The summed E-state index contributed by atoms with van der Waals surface area (Å²) in [6.07, 6.45) is 2.39. The quantitative estimate of drug-likeness (QED) is 0.685. The zero-order valence-electron chi connectivity index (χ0n) is 16.6. The lowest BCUT2D eigenvalue weighted by Gasteiger charge is -2.27. The van der Waals surface area contributed by atoms with Gasteiger partial charge in [-0.25, -0.2) is 12.8 Å².